The predicted molar refractivity (Wildman–Crippen MR) is 83.5 cm³/mol. The molecule has 1 aliphatic carbocycles. The minimum Gasteiger partial charge on any atom is -0.368 e. The highest BCUT2D eigenvalue weighted by molar-refractivity contribution is 6.10. The van der Waals surface area contributed by atoms with E-state index < -0.39 is 59.4 Å². The van der Waals surface area contributed by atoms with Crippen LogP contribution in [0, 0.1) is 17.6 Å². The van der Waals surface area contributed by atoms with Gasteiger partial charge in [-0.05, 0) is 25.0 Å². The molecule has 1 fully saturated rings. The molecule has 0 spiro atoms. The number of amides is 2. The summed E-state index contributed by atoms with van der Waals surface area (Å²) in [5, 5.41) is 0. The molecule has 142 valence electrons. The number of nitrogens with two attached hydrogens (primary N) is 1. The number of nitrogens with zero attached hydrogens (tertiary/aromatic N) is 1. The Bertz CT molecular complexity index is 771. The third-order valence-corrected chi connectivity index (χ3v) is 5.15. The van der Waals surface area contributed by atoms with Crippen LogP contribution in [0.15, 0.2) is 12.1 Å². The molecule has 0 bridgehead atoms. The molecule has 1 aliphatic heterocycles. The Hall–Kier alpha value is -2.16. The van der Waals surface area contributed by atoms with Crippen LogP contribution in [-0.4, -0.2) is 31.4 Å². The van der Waals surface area contributed by atoms with Gasteiger partial charge in [-0.15, -0.1) is 0 Å². The first-order valence-corrected chi connectivity index (χ1v) is 8.16. The lowest BCUT2D eigenvalue weighted by molar-refractivity contribution is -0.160. The number of methoxy groups -OCH3 is 1. The van der Waals surface area contributed by atoms with Gasteiger partial charge in [0.05, 0.1) is 11.3 Å². The number of hydrogen-bond donors (Lipinski definition) is 1. The molecule has 26 heavy (non-hydrogen) atoms. The molecule has 5 nitrogen and oxygen atoms in total. The van der Waals surface area contributed by atoms with E-state index in [1.807, 2.05) is 0 Å². The minimum absolute atomic E-state index is 0.0940. The second-order valence-electron chi connectivity index (χ2n) is 6.70. The van der Waals surface area contributed by atoms with E-state index in [1.54, 1.807) is 0 Å². The summed E-state index contributed by atoms with van der Waals surface area (Å²) in [6, 6.07) is 1.92. The van der Waals surface area contributed by atoms with Crippen LogP contribution in [0.1, 0.15) is 31.2 Å². The first-order chi connectivity index (χ1) is 12.1. The Balaban J connectivity index is 2.21. The standard InChI is InChI=1S/C17H18F4N2O3/c1-26-17(9-3-2-6-16(20,21)7-9)13-11(5-4-10(18)14(13)19)23(15(17)25)8-12(22)24/h4-5,9H,2-3,6-8H2,1H3,(H2,22,24)/t9-,17+/m1/s1. The Morgan fingerprint density at radius 2 is 2.08 bits per heavy atom. The Morgan fingerprint density at radius 3 is 2.65 bits per heavy atom. The van der Waals surface area contributed by atoms with Gasteiger partial charge in [-0.2, -0.15) is 0 Å². The summed E-state index contributed by atoms with van der Waals surface area (Å²) in [5.41, 5.74) is 2.48. The Labute approximate surface area is 147 Å². The number of fused-ring (bicyclic) bond motifs is 1. The number of halogens is 4. The highest BCUT2D eigenvalue weighted by Gasteiger charge is 2.60. The van der Waals surface area contributed by atoms with E-state index in [9.17, 15) is 27.2 Å². The normalized spacial score (nSPS) is 27.5. The van der Waals surface area contributed by atoms with Gasteiger partial charge in [0, 0.05) is 25.9 Å². The van der Waals surface area contributed by atoms with Crippen molar-refractivity contribution in [3.8, 4) is 0 Å². The van der Waals surface area contributed by atoms with Crippen molar-refractivity contribution in [1.29, 1.82) is 0 Å². The average Bonchev–Trinajstić information content (AvgIpc) is 2.79. The third kappa shape index (κ3) is 2.65. The van der Waals surface area contributed by atoms with Crippen LogP contribution >= 0.6 is 0 Å². The number of rotatable bonds is 4. The molecule has 2 amide bonds. The van der Waals surface area contributed by atoms with Crippen LogP contribution in [0.5, 0.6) is 0 Å². The van der Waals surface area contributed by atoms with Gasteiger partial charge >= 0.3 is 0 Å². The lowest BCUT2D eigenvalue weighted by Gasteiger charge is -2.40. The van der Waals surface area contributed by atoms with E-state index >= 15 is 0 Å². The van der Waals surface area contributed by atoms with Crippen molar-refractivity contribution in [3.05, 3.63) is 29.3 Å². The average molecular weight is 374 g/mol. The zero-order chi connectivity index (χ0) is 19.3. The first kappa shape index (κ1) is 18.6. The van der Waals surface area contributed by atoms with Gasteiger partial charge in [0.25, 0.3) is 5.91 Å². The molecule has 1 aromatic carbocycles. The zero-order valence-electron chi connectivity index (χ0n) is 14.0. The van der Waals surface area contributed by atoms with Crippen molar-refractivity contribution in [2.45, 2.75) is 37.2 Å². The van der Waals surface area contributed by atoms with Gasteiger partial charge in [-0.3, -0.25) is 14.5 Å². The molecule has 0 radical (unpaired) electrons. The van der Waals surface area contributed by atoms with Gasteiger partial charge in [0.2, 0.25) is 11.8 Å². The molecular formula is C17H18F4N2O3. The molecule has 3 rings (SSSR count). The molecule has 2 N–H and O–H groups in total. The lowest BCUT2D eigenvalue weighted by Crippen LogP contribution is -2.51. The van der Waals surface area contributed by atoms with Gasteiger partial charge < -0.3 is 10.5 Å². The zero-order valence-corrected chi connectivity index (χ0v) is 14.0. The largest absolute Gasteiger partial charge is 0.368 e. The second kappa shape index (κ2) is 6.22. The molecule has 0 unspecified atom stereocenters. The number of primary amides is 1. The molecule has 1 heterocycles. The maximum atomic E-state index is 14.7. The summed E-state index contributed by atoms with van der Waals surface area (Å²) in [4.78, 5) is 25.3. The van der Waals surface area contributed by atoms with E-state index in [1.165, 1.54) is 0 Å². The molecule has 1 aromatic rings. The van der Waals surface area contributed by atoms with Crippen molar-refractivity contribution < 1.29 is 31.9 Å². The van der Waals surface area contributed by atoms with Gasteiger partial charge in [-0.1, -0.05) is 0 Å². The van der Waals surface area contributed by atoms with Crippen molar-refractivity contribution in [2.24, 2.45) is 11.7 Å². The summed E-state index contributed by atoms with van der Waals surface area (Å²) in [5.74, 6) is -8.47. The van der Waals surface area contributed by atoms with E-state index in [0.717, 1.165) is 24.1 Å². The highest BCUT2D eigenvalue weighted by atomic mass is 19.3. The summed E-state index contributed by atoms with van der Waals surface area (Å²) in [7, 11) is 1.09. The van der Waals surface area contributed by atoms with Crippen molar-refractivity contribution in [2.75, 3.05) is 18.6 Å². The Morgan fingerprint density at radius 1 is 1.38 bits per heavy atom. The maximum Gasteiger partial charge on any atom is 0.264 e. The van der Waals surface area contributed by atoms with Crippen LogP contribution in [0.2, 0.25) is 0 Å². The van der Waals surface area contributed by atoms with E-state index in [-0.39, 0.29) is 24.9 Å². The van der Waals surface area contributed by atoms with Crippen LogP contribution in [-0.2, 0) is 19.9 Å². The fourth-order valence-electron chi connectivity index (χ4n) is 4.10. The van der Waals surface area contributed by atoms with Crippen LogP contribution in [0.4, 0.5) is 23.2 Å². The second-order valence-corrected chi connectivity index (χ2v) is 6.70. The smallest absolute Gasteiger partial charge is 0.264 e. The topological polar surface area (TPSA) is 72.6 Å². The van der Waals surface area contributed by atoms with Crippen LogP contribution in [0.3, 0.4) is 0 Å². The summed E-state index contributed by atoms with van der Waals surface area (Å²) in [6.45, 7) is -0.592. The number of hydrogen-bond acceptors (Lipinski definition) is 3. The fourth-order valence-corrected chi connectivity index (χ4v) is 4.10. The highest BCUT2D eigenvalue weighted by Crippen LogP contribution is 2.54. The van der Waals surface area contributed by atoms with E-state index in [0.29, 0.717) is 0 Å². The summed E-state index contributed by atoms with van der Waals surface area (Å²) < 4.78 is 61.9. The van der Waals surface area contributed by atoms with Gasteiger partial charge in [0.1, 0.15) is 6.54 Å². The fraction of sp³-hybridized carbons (Fsp3) is 0.529. The van der Waals surface area contributed by atoms with Crippen LogP contribution < -0.4 is 10.6 Å². The summed E-state index contributed by atoms with van der Waals surface area (Å²) in [6.07, 6.45) is -0.763. The van der Waals surface area contributed by atoms with Crippen LogP contribution in [0.25, 0.3) is 0 Å². The number of carbonyl (C=O) groups is 2. The van der Waals surface area contributed by atoms with Gasteiger partial charge in [-0.25, -0.2) is 17.6 Å². The molecule has 0 saturated heterocycles. The van der Waals surface area contributed by atoms with E-state index in [2.05, 4.69) is 0 Å². The van der Waals surface area contributed by atoms with Crippen molar-refractivity contribution >= 4 is 17.5 Å². The molecule has 2 aliphatic rings. The van der Waals surface area contributed by atoms with Crippen molar-refractivity contribution in [3.63, 3.8) is 0 Å². The maximum absolute atomic E-state index is 14.7. The molecular weight excluding hydrogens is 356 g/mol. The van der Waals surface area contributed by atoms with Crippen molar-refractivity contribution in [1.82, 2.24) is 0 Å². The number of ether oxygens (including phenoxy) is 1. The summed E-state index contributed by atoms with van der Waals surface area (Å²) >= 11 is 0. The molecule has 0 aromatic heterocycles. The third-order valence-electron chi connectivity index (χ3n) is 5.15. The Kier molecular flexibility index (Phi) is 4.46. The molecule has 2 atom stereocenters. The minimum atomic E-state index is -3.05. The van der Waals surface area contributed by atoms with Gasteiger partial charge in [0.15, 0.2) is 17.2 Å². The quantitative estimate of drug-likeness (QED) is 0.823. The first-order valence-electron chi connectivity index (χ1n) is 8.16. The number of benzene rings is 1. The molecule has 9 heteroatoms. The SMILES string of the molecule is CO[C@]1([C@@H]2CCCC(F)(F)C2)C(=O)N(CC(N)=O)c2ccc(F)c(F)c21. The monoisotopic (exact) mass is 374 g/mol. The molecule has 1 saturated carbocycles. The number of alkyl halides is 2. The predicted octanol–water partition coefficient (Wildman–Crippen LogP) is 2.46. The lowest BCUT2D eigenvalue weighted by atomic mass is 9.72. The number of carbonyl (C=O) groups excluding carboxylic acids is 2. The number of anilines is 1. The van der Waals surface area contributed by atoms with E-state index in [4.69, 9.17) is 10.5 Å².